The molecule has 1 aromatic carbocycles. The van der Waals surface area contributed by atoms with Gasteiger partial charge in [-0.1, -0.05) is 13.8 Å². The molecule has 0 radical (unpaired) electrons. The Labute approximate surface area is 143 Å². The Balaban J connectivity index is 2.06. The van der Waals surface area contributed by atoms with Crippen molar-refractivity contribution in [2.45, 2.75) is 45.1 Å². The lowest BCUT2D eigenvalue weighted by atomic mass is 10.1. The Morgan fingerprint density at radius 2 is 2.22 bits per heavy atom. The fourth-order valence-corrected chi connectivity index (χ4v) is 3.33. The van der Waals surface area contributed by atoms with Gasteiger partial charge in [0.05, 0.1) is 5.56 Å². The van der Waals surface area contributed by atoms with Gasteiger partial charge in [0.25, 0.3) is 0 Å². The van der Waals surface area contributed by atoms with Crippen molar-refractivity contribution in [2.75, 3.05) is 19.6 Å². The minimum atomic E-state index is -0.954. The molecule has 1 atom stereocenters. The lowest BCUT2D eigenvalue weighted by Gasteiger charge is -2.26. The predicted octanol–water partition coefficient (Wildman–Crippen LogP) is 4.01. The Bertz CT molecular complexity index is 533. The van der Waals surface area contributed by atoms with Crippen molar-refractivity contribution >= 4 is 17.6 Å². The number of nitrogens with zero attached hydrogens (tertiary/aromatic N) is 1. The third-order valence-electron chi connectivity index (χ3n) is 4.09. The van der Waals surface area contributed by atoms with E-state index >= 15 is 0 Å². The molecule has 0 saturated carbocycles. The summed E-state index contributed by atoms with van der Waals surface area (Å²) in [5.74, 6) is 0.571. The molecular formula is C18H26ClNO3. The second kappa shape index (κ2) is 8.55. The Morgan fingerprint density at radius 1 is 1.43 bits per heavy atom. The molecule has 1 heterocycles. The van der Waals surface area contributed by atoms with E-state index in [1.807, 2.05) is 0 Å². The van der Waals surface area contributed by atoms with Crippen LogP contribution in [0.5, 0.6) is 5.75 Å². The van der Waals surface area contributed by atoms with Gasteiger partial charge >= 0.3 is 5.97 Å². The van der Waals surface area contributed by atoms with Crippen LogP contribution in [0, 0.1) is 5.92 Å². The highest BCUT2D eigenvalue weighted by atomic mass is 35.5. The maximum absolute atomic E-state index is 11.2. The van der Waals surface area contributed by atoms with Gasteiger partial charge in [-0.3, -0.25) is 4.90 Å². The van der Waals surface area contributed by atoms with Crippen LogP contribution < -0.4 is 4.74 Å². The largest absolute Gasteiger partial charge is 0.489 e. The zero-order valence-electron chi connectivity index (χ0n) is 13.9. The van der Waals surface area contributed by atoms with Gasteiger partial charge in [-0.2, -0.15) is 0 Å². The van der Waals surface area contributed by atoms with E-state index in [4.69, 9.17) is 21.4 Å². The lowest BCUT2D eigenvalue weighted by Crippen LogP contribution is -2.36. The van der Waals surface area contributed by atoms with Gasteiger partial charge in [0.1, 0.15) is 11.9 Å². The number of carbonyl (C=O) groups is 1. The Kier molecular flexibility index (Phi) is 6.72. The second-order valence-electron chi connectivity index (χ2n) is 6.65. The van der Waals surface area contributed by atoms with E-state index in [9.17, 15) is 4.79 Å². The van der Waals surface area contributed by atoms with E-state index in [0.29, 0.717) is 17.2 Å². The van der Waals surface area contributed by atoms with Crippen molar-refractivity contribution in [3.63, 3.8) is 0 Å². The lowest BCUT2D eigenvalue weighted by molar-refractivity contribution is 0.0696. The van der Waals surface area contributed by atoms with E-state index in [1.165, 1.54) is 6.42 Å². The van der Waals surface area contributed by atoms with Crippen molar-refractivity contribution < 1.29 is 14.6 Å². The zero-order valence-corrected chi connectivity index (χ0v) is 14.7. The van der Waals surface area contributed by atoms with Crippen molar-refractivity contribution in [3.05, 3.63) is 29.3 Å². The van der Waals surface area contributed by atoms with Crippen LogP contribution >= 0.6 is 11.6 Å². The molecule has 1 fully saturated rings. The van der Waals surface area contributed by atoms with Gasteiger partial charge in [0.15, 0.2) is 0 Å². The van der Waals surface area contributed by atoms with E-state index in [0.717, 1.165) is 32.5 Å². The number of hydrogen-bond donors (Lipinski definition) is 1. The van der Waals surface area contributed by atoms with Gasteiger partial charge in [-0.25, -0.2) is 4.79 Å². The first-order chi connectivity index (χ1) is 11.0. The second-order valence-corrected chi connectivity index (χ2v) is 6.91. The average molecular weight is 340 g/mol. The number of aromatic carboxylic acids is 1. The number of halogens is 1. The smallest absolute Gasteiger partial charge is 0.336 e. The van der Waals surface area contributed by atoms with E-state index < -0.39 is 5.97 Å². The molecule has 1 saturated heterocycles. The first kappa shape index (κ1) is 18.1. The first-order valence-corrected chi connectivity index (χ1v) is 8.84. The summed E-state index contributed by atoms with van der Waals surface area (Å²) in [7, 11) is 0. The molecule has 0 amide bonds. The molecule has 0 aliphatic carbocycles. The van der Waals surface area contributed by atoms with Crippen molar-refractivity contribution in [1.29, 1.82) is 0 Å². The molecule has 2 rings (SSSR count). The van der Waals surface area contributed by atoms with Crippen LogP contribution in [0.4, 0.5) is 0 Å². The zero-order chi connectivity index (χ0) is 16.8. The molecule has 0 aromatic heterocycles. The highest BCUT2D eigenvalue weighted by Gasteiger charge is 2.20. The van der Waals surface area contributed by atoms with E-state index in [2.05, 4.69) is 18.7 Å². The highest BCUT2D eigenvalue weighted by Crippen LogP contribution is 2.23. The number of rotatable bonds is 6. The Hall–Kier alpha value is -1.26. The fraction of sp³-hybridized carbons (Fsp3) is 0.611. The molecule has 5 heteroatoms. The van der Waals surface area contributed by atoms with Gasteiger partial charge in [0, 0.05) is 19.0 Å². The van der Waals surface area contributed by atoms with Gasteiger partial charge in [-0.05, 0) is 55.5 Å². The molecule has 1 aliphatic heterocycles. The first-order valence-electron chi connectivity index (χ1n) is 8.30. The molecule has 1 N–H and O–H groups in total. The summed E-state index contributed by atoms with van der Waals surface area (Å²) in [5, 5.41) is 9.16. The Morgan fingerprint density at radius 3 is 2.87 bits per heavy atom. The molecule has 1 unspecified atom stereocenters. The fourth-order valence-electron chi connectivity index (χ4n) is 3.11. The molecule has 0 bridgehead atoms. The molecule has 0 spiro atoms. The summed E-state index contributed by atoms with van der Waals surface area (Å²) in [6.07, 6.45) is 3.55. The summed E-state index contributed by atoms with van der Waals surface area (Å²) in [6, 6.07) is 5.07. The summed E-state index contributed by atoms with van der Waals surface area (Å²) >= 11 is 5.87. The number of likely N-dealkylation sites (tertiary alicyclic amines) is 1. The topological polar surface area (TPSA) is 49.8 Å². The van der Waals surface area contributed by atoms with Crippen LogP contribution in [0.3, 0.4) is 0 Å². The van der Waals surface area contributed by atoms with Crippen LogP contribution in [0.2, 0.25) is 0 Å². The minimum Gasteiger partial charge on any atom is -0.489 e. The number of hydrogen-bond acceptors (Lipinski definition) is 3. The maximum atomic E-state index is 11.2. The predicted molar refractivity (Wildman–Crippen MR) is 92.5 cm³/mol. The van der Waals surface area contributed by atoms with Crippen LogP contribution in [0.1, 0.15) is 49.0 Å². The number of alkyl halides is 1. The molecule has 23 heavy (non-hydrogen) atoms. The van der Waals surface area contributed by atoms with Crippen LogP contribution in [0.25, 0.3) is 0 Å². The molecule has 128 valence electrons. The average Bonchev–Trinajstić information content (AvgIpc) is 2.71. The summed E-state index contributed by atoms with van der Waals surface area (Å²) in [6.45, 7) is 7.61. The SMILES string of the molecule is CC(C)CN1CCCCC(Oc2ccc(C(=O)O)c(CCl)c2)C1. The van der Waals surface area contributed by atoms with Crippen LogP contribution in [-0.4, -0.2) is 41.7 Å². The van der Waals surface area contributed by atoms with Gasteiger partial charge in [-0.15, -0.1) is 11.6 Å². The molecular weight excluding hydrogens is 314 g/mol. The number of carboxylic acids is 1. The monoisotopic (exact) mass is 339 g/mol. The summed E-state index contributed by atoms with van der Waals surface area (Å²) in [5.41, 5.74) is 0.846. The van der Waals surface area contributed by atoms with Crippen LogP contribution in [-0.2, 0) is 5.88 Å². The van der Waals surface area contributed by atoms with Crippen molar-refractivity contribution in [1.82, 2.24) is 4.90 Å². The summed E-state index contributed by atoms with van der Waals surface area (Å²) in [4.78, 5) is 13.6. The highest BCUT2D eigenvalue weighted by molar-refractivity contribution is 6.17. The quantitative estimate of drug-likeness (QED) is 0.795. The molecule has 1 aromatic rings. The van der Waals surface area contributed by atoms with Gasteiger partial charge < -0.3 is 9.84 Å². The van der Waals surface area contributed by atoms with E-state index in [-0.39, 0.29) is 17.5 Å². The van der Waals surface area contributed by atoms with Crippen LogP contribution in [0.15, 0.2) is 18.2 Å². The van der Waals surface area contributed by atoms with E-state index in [1.54, 1.807) is 18.2 Å². The third kappa shape index (κ3) is 5.40. The van der Waals surface area contributed by atoms with Crippen molar-refractivity contribution in [3.8, 4) is 5.75 Å². The molecule has 1 aliphatic rings. The van der Waals surface area contributed by atoms with Crippen molar-refractivity contribution in [2.24, 2.45) is 5.92 Å². The maximum Gasteiger partial charge on any atom is 0.336 e. The van der Waals surface area contributed by atoms with Gasteiger partial charge in [0.2, 0.25) is 0 Å². The third-order valence-corrected chi connectivity index (χ3v) is 4.38. The minimum absolute atomic E-state index is 0.148. The number of ether oxygens (including phenoxy) is 1. The number of benzene rings is 1. The standard InChI is InChI=1S/C18H26ClNO3/c1-13(2)11-20-8-4-3-5-16(12-20)23-15-6-7-17(18(21)22)14(9-15)10-19/h6-7,9,13,16H,3-5,8,10-12H2,1-2H3,(H,21,22). The molecule has 4 nitrogen and oxygen atoms in total. The normalized spacial score (nSPS) is 19.6. The number of carboxylic acid groups (broad SMARTS) is 1. The summed E-state index contributed by atoms with van der Waals surface area (Å²) < 4.78 is 6.13.